The summed E-state index contributed by atoms with van der Waals surface area (Å²) >= 11 is 0. The van der Waals surface area contributed by atoms with Crippen LogP contribution in [0, 0.1) is 5.92 Å². The highest BCUT2D eigenvalue weighted by Gasteiger charge is 2.32. The molecule has 1 aliphatic rings. The average molecular weight is 336 g/mol. The highest BCUT2D eigenvalue weighted by Crippen LogP contribution is 2.24. The van der Waals surface area contributed by atoms with Crippen LogP contribution in [0.4, 0.5) is 0 Å². The number of carbonyl (C=O) groups is 1. The summed E-state index contributed by atoms with van der Waals surface area (Å²) in [6.45, 7) is 3.38. The maximum atomic E-state index is 12.7. The third-order valence-electron chi connectivity index (χ3n) is 4.32. The van der Waals surface area contributed by atoms with Gasteiger partial charge in [0, 0.05) is 19.1 Å². The molecule has 6 nitrogen and oxygen atoms in total. The molecular formula is C16H22ClN5O. The zero-order valence-electron chi connectivity index (χ0n) is 13.1. The van der Waals surface area contributed by atoms with Crippen molar-refractivity contribution in [2.24, 2.45) is 11.7 Å². The van der Waals surface area contributed by atoms with Crippen LogP contribution in [0.5, 0.6) is 0 Å². The van der Waals surface area contributed by atoms with E-state index in [0.29, 0.717) is 18.2 Å². The summed E-state index contributed by atoms with van der Waals surface area (Å²) in [5.74, 6) is 0.344. The highest BCUT2D eigenvalue weighted by atomic mass is 35.5. The molecule has 1 saturated heterocycles. The van der Waals surface area contributed by atoms with Crippen molar-refractivity contribution in [3.8, 4) is 5.69 Å². The van der Waals surface area contributed by atoms with Crippen LogP contribution in [0.1, 0.15) is 30.3 Å². The van der Waals surface area contributed by atoms with Gasteiger partial charge in [0.05, 0.1) is 11.9 Å². The zero-order valence-corrected chi connectivity index (χ0v) is 13.9. The minimum atomic E-state index is -0.0795. The predicted octanol–water partition coefficient (Wildman–Crippen LogP) is 1.89. The maximum Gasteiger partial charge on any atom is 0.276 e. The summed E-state index contributed by atoms with van der Waals surface area (Å²) in [5.41, 5.74) is 7.07. The molecule has 1 aromatic carbocycles. The van der Waals surface area contributed by atoms with Crippen molar-refractivity contribution in [3.63, 3.8) is 0 Å². The molecule has 7 heteroatoms. The summed E-state index contributed by atoms with van der Waals surface area (Å²) < 4.78 is 0. The summed E-state index contributed by atoms with van der Waals surface area (Å²) in [5, 5.41) is 8.52. The van der Waals surface area contributed by atoms with Crippen molar-refractivity contribution in [2.45, 2.75) is 25.8 Å². The molecular weight excluding hydrogens is 314 g/mol. The lowest BCUT2D eigenvalue weighted by Gasteiger charge is -2.39. The first-order valence-electron chi connectivity index (χ1n) is 7.69. The van der Waals surface area contributed by atoms with Crippen molar-refractivity contribution in [1.29, 1.82) is 0 Å². The van der Waals surface area contributed by atoms with Gasteiger partial charge in [-0.2, -0.15) is 9.90 Å². The Morgan fingerprint density at radius 3 is 2.78 bits per heavy atom. The fraction of sp³-hybridized carbons (Fsp3) is 0.438. The number of para-hydroxylation sites is 1. The Labute approximate surface area is 142 Å². The molecule has 3 rings (SSSR count). The van der Waals surface area contributed by atoms with Crippen molar-refractivity contribution in [3.05, 3.63) is 42.2 Å². The van der Waals surface area contributed by atoms with Crippen LogP contribution in [0.25, 0.3) is 5.69 Å². The summed E-state index contributed by atoms with van der Waals surface area (Å²) in [7, 11) is 0. The fourth-order valence-electron chi connectivity index (χ4n) is 3.05. The van der Waals surface area contributed by atoms with Gasteiger partial charge in [-0.1, -0.05) is 25.1 Å². The minimum absolute atomic E-state index is 0. The van der Waals surface area contributed by atoms with Gasteiger partial charge in [-0.25, -0.2) is 0 Å². The number of halogens is 1. The molecule has 0 saturated carbocycles. The van der Waals surface area contributed by atoms with E-state index in [0.717, 1.165) is 25.1 Å². The normalized spacial score (nSPS) is 20.9. The molecule has 2 N–H and O–H groups in total. The SMILES string of the molecule is CC1CCCN(C(=O)c2cnn(-c3ccccc3)n2)C1CN.Cl. The lowest BCUT2D eigenvalue weighted by atomic mass is 9.90. The van der Waals surface area contributed by atoms with E-state index >= 15 is 0 Å². The van der Waals surface area contributed by atoms with E-state index in [1.54, 1.807) is 0 Å². The number of piperidine rings is 1. The van der Waals surface area contributed by atoms with Gasteiger partial charge < -0.3 is 10.6 Å². The van der Waals surface area contributed by atoms with Crippen molar-refractivity contribution >= 4 is 18.3 Å². The second kappa shape index (κ2) is 7.57. The first-order chi connectivity index (χ1) is 10.7. The number of rotatable bonds is 3. The highest BCUT2D eigenvalue weighted by molar-refractivity contribution is 5.92. The number of amides is 1. The molecule has 1 fully saturated rings. The molecule has 2 atom stereocenters. The molecule has 23 heavy (non-hydrogen) atoms. The number of aromatic nitrogens is 3. The van der Waals surface area contributed by atoms with Crippen LogP contribution in [-0.4, -0.2) is 44.9 Å². The minimum Gasteiger partial charge on any atom is -0.333 e. The molecule has 124 valence electrons. The molecule has 2 heterocycles. The molecule has 1 amide bonds. The Bertz CT molecular complexity index is 645. The van der Waals surface area contributed by atoms with Gasteiger partial charge in [-0.15, -0.1) is 17.5 Å². The Morgan fingerprint density at radius 1 is 1.35 bits per heavy atom. The van der Waals surface area contributed by atoms with Crippen molar-refractivity contribution in [2.75, 3.05) is 13.1 Å². The summed E-state index contributed by atoms with van der Waals surface area (Å²) in [4.78, 5) is 16.1. The quantitative estimate of drug-likeness (QED) is 0.929. The van der Waals surface area contributed by atoms with E-state index in [1.165, 1.54) is 11.0 Å². The van der Waals surface area contributed by atoms with Crippen molar-refractivity contribution < 1.29 is 4.79 Å². The number of likely N-dealkylation sites (tertiary alicyclic amines) is 1. The molecule has 0 aliphatic carbocycles. The van der Waals surface area contributed by atoms with E-state index in [9.17, 15) is 4.79 Å². The monoisotopic (exact) mass is 335 g/mol. The first kappa shape index (κ1) is 17.4. The number of hydrogen-bond acceptors (Lipinski definition) is 4. The van der Waals surface area contributed by atoms with Crippen LogP contribution >= 0.6 is 12.4 Å². The molecule has 2 aromatic rings. The van der Waals surface area contributed by atoms with Crippen LogP contribution < -0.4 is 5.73 Å². The van der Waals surface area contributed by atoms with Gasteiger partial charge in [0.2, 0.25) is 0 Å². The Morgan fingerprint density at radius 2 is 2.09 bits per heavy atom. The van der Waals surface area contributed by atoms with Gasteiger partial charge >= 0.3 is 0 Å². The number of carbonyl (C=O) groups excluding carboxylic acids is 1. The molecule has 1 aromatic heterocycles. The molecule has 0 bridgehead atoms. The second-order valence-electron chi connectivity index (χ2n) is 5.78. The Balaban J connectivity index is 0.00000192. The number of benzene rings is 1. The molecule has 0 radical (unpaired) electrons. The lowest BCUT2D eigenvalue weighted by molar-refractivity contribution is 0.0526. The largest absolute Gasteiger partial charge is 0.333 e. The fourth-order valence-corrected chi connectivity index (χ4v) is 3.05. The third kappa shape index (κ3) is 3.54. The predicted molar refractivity (Wildman–Crippen MR) is 90.9 cm³/mol. The van der Waals surface area contributed by atoms with Crippen molar-refractivity contribution in [1.82, 2.24) is 19.9 Å². The number of nitrogens with zero attached hydrogens (tertiary/aromatic N) is 4. The Hall–Kier alpha value is -1.92. The topological polar surface area (TPSA) is 77.0 Å². The van der Waals surface area contributed by atoms with E-state index < -0.39 is 0 Å². The van der Waals surface area contributed by atoms with Crippen LogP contribution in [0.2, 0.25) is 0 Å². The maximum absolute atomic E-state index is 12.7. The first-order valence-corrected chi connectivity index (χ1v) is 7.69. The van der Waals surface area contributed by atoms with Gasteiger partial charge in [0.15, 0.2) is 5.69 Å². The van der Waals surface area contributed by atoms with Crippen LogP contribution in [0.15, 0.2) is 36.5 Å². The molecule has 2 unspecified atom stereocenters. The van der Waals surface area contributed by atoms with Gasteiger partial charge in [-0.05, 0) is 30.9 Å². The van der Waals surface area contributed by atoms with E-state index in [4.69, 9.17) is 5.73 Å². The Kier molecular flexibility index (Phi) is 5.74. The molecule has 1 aliphatic heterocycles. The zero-order chi connectivity index (χ0) is 15.5. The van der Waals surface area contributed by atoms with Gasteiger partial charge in [0.25, 0.3) is 5.91 Å². The van der Waals surface area contributed by atoms with E-state index in [1.807, 2.05) is 35.2 Å². The summed E-state index contributed by atoms with van der Waals surface area (Å²) in [6, 6.07) is 9.65. The third-order valence-corrected chi connectivity index (χ3v) is 4.32. The van der Waals surface area contributed by atoms with Gasteiger partial charge in [0.1, 0.15) is 0 Å². The van der Waals surface area contributed by atoms with E-state index in [2.05, 4.69) is 17.1 Å². The van der Waals surface area contributed by atoms with E-state index in [-0.39, 0.29) is 24.4 Å². The second-order valence-corrected chi connectivity index (χ2v) is 5.78. The average Bonchev–Trinajstić information content (AvgIpc) is 3.05. The standard InChI is InChI=1S/C16H21N5O.ClH/c1-12-6-5-9-20(15(12)10-17)16(22)14-11-18-21(19-14)13-7-3-2-4-8-13;/h2-4,7-8,11-12,15H,5-6,9-10,17H2,1H3;1H. The van der Waals surface area contributed by atoms with Crippen LogP contribution in [0.3, 0.4) is 0 Å². The van der Waals surface area contributed by atoms with Crippen LogP contribution in [-0.2, 0) is 0 Å². The molecule has 0 spiro atoms. The lowest BCUT2D eigenvalue weighted by Crippen LogP contribution is -2.51. The summed E-state index contributed by atoms with van der Waals surface area (Å²) in [6.07, 6.45) is 3.65. The smallest absolute Gasteiger partial charge is 0.276 e. The number of hydrogen-bond donors (Lipinski definition) is 1. The number of nitrogens with two attached hydrogens (primary N) is 1. The van der Waals surface area contributed by atoms with Gasteiger partial charge in [-0.3, -0.25) is 4.79 Å².